The van der Waals surface area contributed by atoms with Crippen LogP contribution in [0.2, 0.25) is 39.3 Å². The van der Waals surface area contributed by atoms with Crippen molar-refractivity contribution in [3.05, 3.63) is 24.0 Å². The Hall–Kier alpha value is 0.634. The third-order valence-corrected chi connectivity index (χ3v) is 20.8. The van der Waals surface area contributed by atoms with Crippen molar-refractivity contribution < 1.29 is 0 Å². The van der Waals surface area contributed by atoms with Crippen molar-refractivity contribution in [1.82, 2.24) is 0 Å². The molecule has 0 N–H and O–H groups in total. The molecule has 0 saturated heterocycles. The average Bonchev–Trinajstić information content (AvgIpc) is 1.96. The predicted octanol–water partition coefficient (Wildman–Crippen LogP) is 5.84. The molecule has 0 aromatic heterocycles. The molecule has 1 unspecified atom stereocenters. The molecule has 0 fully saturated rings. The fraction of sp³-hybridized carbons (Fsp3) is 0.667. The summed E-state index contributed by atoms with van der Waals surface area (Å²) < 4.78 is 0. The zero-order chi connectivity index (χ0) is 13.3. The Labute approximate surface area is 110 Å². The molecule has 0 spiro atoms. The molecule has 0 heterocycles. The highest BCUT2D eigenvalue weighted by molar-refractivity contribution is 7.91. The second-order valence-corrected chi connectivity index (χ2v) is 21.6. The van der Waals surface area contributed by atoms with Crippen molar-refractivity contribution in [1.29, 1.82) is 0 Å². The van der Waals surface area contributed by atoms with Gasteiger partial charge in [-0.05, 0) is 17.1 Å². The molecule has 0 radical (unpaired) electrons. The molecule has 0 saturated carbocycles. The lowest BCUT2D eigenvalue weighted by Crippen LogP contribution is -2.52. The third-order valence-electron chi connectivity index (χ3n) is 2.62. The Bertz CT molecular complexity index is 272. The second-order valence-electron chi connectivity index (χ2n) is 6.67. The monoisotopic (exact) mass is 292 g/mol. The summed E-state index contributed by atoms with van der Waals surface area (Å²) in [5, 5.41) is 1.10. The summed E-state index contributed by atoms with van der Waals surface area (Å²) in [6.45, 7) is 24.7. The van der Waals surface area contributed by atoms with Crippen molar-refractivity contribution in [2.24, 2.45) is 0 Å². The summed E-state index contributed by atoms with van der Waals surface area (Å²) >= 11 is 6.74. The summed E-state index contributed by atoms with van der Waals surface area (Å²) in [6, 6.07) is 0. The minimum absolute atomic E-state index is 0.619. The quantitative estimate of drug-likeness (QED) is 0.339. The van der Waals surface area contributed by atoms with Crippen molar-refractivity contribution in [3.8, 4) is 0 Å². The highest BCUT2D eigenvalue weighted by Crippen LogP contribution is 2.60. The maximum Gasteiger partial charge on any atom is 0.0510 e. The molecule has 16 heavy (non-hydrogen) atoms. The van der Waals surface area contributed by atoms with Gasteiger partial charge in [-0.3, -0.25) is 0 Å². The molecule has 0 aromatic rings. The highest BCUT2D eigenvalue weighted by Gasteiger charge is 2.43. The van der Waals surface area contributed by atoms with E-state index in [-0.39, 0.29) is 0 Å². The standard InChI is InChI=1S/C12H26ClPSi2/c1-10(2)11(3)14(13)12(15(4,5)6)16(7,8)9/h12H,1,3H2,2,4-9H3. The maximum atomic E-state index is 6.74. The van der Waals surface area contributed by atoms with Crippen LogP contribution >= 0.6 is 18.5 Å². The summed E-state index contributed by atoms with van der Waals surface area (Å²) in [5.41, 5.74) is 1.06. The Morgan fingerprint density at radius 3 is 1.50 bits per heavy atom. The second kappa shape index (κ2) is 5.52. The van der Waals surface area contributed by atoms with E-state index in [1.54, 1.807) is 0 Å². The van der Waals surface area contributed by atoms with Crippen LogP contribution in [0.25, 0.3) is 0 Å². The zero-order valence-electron chi connectivity index (χ0n) is 11.8. The molecule has 0 rings (SSSR count). The Morgan fingerprint density at radius 2 is 1.31 bits per heavy atom. The number of hydrogen-bond acceptors (Lipinski definition) is 0. The van der Waals surface area contributed by atoms with Gasteiger partial charge in [0.2, 0.25) is 0 Å². The van der Waals surface area contributed by atoms with Crippen molar-refractivity contribution in [3.63, 3.8) is 0 Å². The highest BCUT2D eigenvalue weighted by atomic mass is 35.7. The molecule has 4 heteroatoms. The largest absolute Gasteiger partial charge is 0.0955 e. The van der Waals surface area contributed by atoms with E-state index in [9.17, 15) is 0 Å². The Morgan fingerprint density at radius 1 is 1.00 bits per heavy atom. The number of rotatable bonds is 5. The van der Waals surface area contributed by atoms with Gasteiger partial charge in [0.05, 0.1) is 16.1 Å². The first kappa shape index (κ1) is 16.6. The van der Waals surface area contributed by atoms with Gasteiger partial charge in [-0.15, -0.1) is 0 Å². The molecule has 0 bridgehead atoms. The van der Waals surface area contributed by atoms with Crippen LogP contribution in [0, 0.1) is 0 Å². The van der Waals surface area contributed by atoms with Crippen LogP contribution in [-0.4, -0.2) is 21.1 Å². The fourth-order valence-corrected chi connectivity index (χ4v) is 25.5. The van der Waals surface area contributed by atoms with Gasteiger partial charge in [0.1, 0.15) is 0 Å². The van der Waals surface area contributed by atoms with E-state index in [4.69, 9.17) is 11.2 Å². The molecule has 0 aliphatic rings. The fourth-order valence-electron chi connectivity index (χ4n) is 2.32. The zero-order valence-corrected chi connectivity index (χ0v) is 15.5. The molecule has 0 aliphatic carbocycles. The molecule has 0 nitrogen and oxygen atoms in total. The van der Waals surface area contributed by atoms with Gasteiger partial charge in [-0.2, -0.15) is 0 Å². The number of allylic oxidation sites excluding steroid dienone is 2. The van der Waals surface area contributed by atoms with E-state index in [0.29, 0.717) is 4.91 Å². The van der Waals surface area contributed by atoms with Gasteiger partial charge in [0, 0.05) is 7.27 Å². The van der Waals surface area contributed by atoms with Gasteiger partial charge in [-0.1, -0.05) is 69.3 Å². The maximum absolute atomic E-state index is 6.74. The van der Waals surface area contributed by atoms with Crippen LogP contribution in [0.1, 0.15) is 6.92 Å². The van der Waals surface area contributed by atoms with Crippen LogP contribution in [0.3, 0.4) is 0 Å². The molecule has 0 aliphatic heterocycles. The first-order valence-corrected chi connectivity index (χ1v) is 15.2. The van der Waals surface area contributed by atoms with E-state index in [0.717, 1.165) is 10.9 Å². The van der Waals surface area contributed by atoms with Gasteiger partial charge >= 0.3 is 0 Å². The van der Waals surface area contributed by atoms with E-state index in [1.165, 1.54) is 0 Å². The first-order chi connectivity index (χ1) is 6.89. The minimum Gasteiger partial charge on any atom is -0.0955 e. The average molecular weight is 293 g/mol. The van der Waals surface area contributed by atoms with Gasteiger partial charge in [0.15, 0.2) is 0 Å². The molecule has 94 valence electrons. The SMILES string of the molecule is C=C(C)C(=C)P(Cl)C([Si](C)(C)C)[Si](C)(C)C. The summed E-state index contributed by atoms with van der Waals surface area (Å²) in [6.07, 6.45) is 0. The van der Waals surface area contributed by atoms with Gasteiger partial charge in [0.25, 0.3) is 0 Å². The lowest BCUT2D eigenvalue weighted by atomic mass is 10.3. The normalized spacial score (nSPS) is 15.1. The molecule has 0 amide bonds. The third kappa shape index (κ3) is 4.48. The van der Waals surface area contributed by atoms with E-state index >= 15 is 0 Å². The van der Waals surface area contributed by atoms with Crippen molar-refractivity contribution in [2.45, 2.75) is 51.1 Å². The Kier molecular flexibility index (Phi) is 5.74. The molecule has 1 atom stereocenters. The molecular formula is C12H26ClPSi2. The van der Waals surface area contributed by atoms with Crippen LogP contribution in [0.15, 0.2) is 24.0 Å². The lowest BCUT2D eigenvalue weighted by Gasteiger charge is -2.41. The number of halogens is 1. The number of hydrogen-bond donors (Lipinski definition) is 0. The van der Waals surface area contributed by atoms with Crippen LogP contribution in [-0.2, 0) is 0 Å². The summed E-state index contributed by atoms with van der Waals surface area (Å²) in [5.74, 6) is 0. The van der Waals surface area contributed by atoms with Crippen LogP contribution < -0.4 is 0 Å². The lowest BCUT2D eigenvalue weighted by molar-refractivity contribution is 1.44. The van der Waals surface area contributed by atoms with Gasteiger partial charge < -0.3 is 0 Å². The molecule has 0 aromatic carbocycles. The van der Waals surface area contributed by atoms with E-state index in [1.807, 2.05) is 6.92 Å². The smallest absolute Gasteiger partial charge is 0.0510 e. The van der Waals surface area contributed by atoms with Crippen LogP contribution in [0.5, 0.6) is 0 Å². The minimum atomic E-state index is -1.24. The topological polar surface area (TPSA) is 0 Å². The van der Waals surface area contributed by atoms with Crippen molar-refractivity contribution in [2.75, 3.05) is 0 Å². The van der Waals surface area contributed by atoms with Crippen molar-refractivity contribution >= 4 is 34.7 Å². The molecular weight excluding hydrogens is 267 g/mol. The van der Waals surface area contributed by atoms with E-state index < -0.39 is 23.4 Å². The summed E-state index contributed by atoms with van der Waals surface area (Å²) in [7, 11) is -3.09. The van der Waals surface area contributed by atoms with Gasteiger partial charge in [-0.25, -0.2) is 0 Å². The first-order valence-electron chi connectivity index (χ1n) is 5.69. The predicted molar refractivity (Wildman–Crippen MR) is 87.2 cm³/mol. The van der Waals surface area contributed by atoms with Crippen LogP contribution in [0.4, 0.5) is 0 Å². The van der Waals surface area contributed by atoms with E-state index in [2.05, 4.69) is 52.4 Å². The summed E-state index contributed by atoms with van der Waals surface area (Å²) in [4.78, 5) is 0.709. The Balaban J connectivity index is 5.24.